The molecule has 1 aliphatic carbocycles. The molecular weight excluding hydrogens is 400 g/mol. The van der Waals surface area contributed by atoms with E-state index in [1.165, 1.54) is 19.3 Å². The summed E-state index contributed by atoms with van der Waals surface area (Å²) < 4.78 is 5.71. The summed E-state index contributed by atoms with van der Waals surface area (Å²) in [5.41, 5.74) is 0.439. The van der Waals surface area contributed by atoms with Gasteiger partial charge in [-0.1, -0.05) is 54.1 Å². The van der Waals surface area contributed by atoms with Crippen molar-refractivity contribution in [3.8, 4) is 0 Å². The van der Waals surface area contributed by atoms with Gasteiger partial charge in [0.05, 0.1) is 0 Å². The van der Waals surface area contributed by atoms with Crippen LogP contribution in [-0.2, 0) is 14.3 Å². The molecule has 26 heavy (non-hydrogen) atoms. The quantitative estimate of drug-likeness (QED) is 0.687. The minimum atomic E-state index is -0.638. The molecule has 0 saturated heterocycles. The van der Waals surface area contributed by atoms with Gasteiger partial charge in [-0.25, -0.2) is 0 Å². The van der Waals surface area contributed by atoms with Crippen LogP contribution in [0.5, 0.6) is 0 Å². The first kappa shape index (κ1) is 20.4. The normalized spacial score (nSPS) is 15.4. The van der Waals surface area contributed by atoms with Crippen LogP contribution >= 0.6 is 15.9 Å². The molecule has 0 radical (unpaired) electrons. The lowest BCUT2D eigenvalue weighted by molar-refractivity contribution is -0.147. The Hall–Kier alpha value is -1.89. The van der Waals surface area contributed by atoms with Gasteiger partial charge >= 0.3 is 5.97 Å². The van der Waals surface area contributed by atoms with E-state index in [9.17, 15) is 14.4 Å². The summed E-state index contributed by atoms with van der Waals surface area (Å²) in [6.45, 7) is -0.593. The third kappa shape index (κ3) is 7.56. The molecule has 0 bridgehead atoms. The first-order chi connectivity index (χ1) is 12.5. The summed E-state index contributed by atoms with van der Waals surface area (Å²) in [6, 6.07) is 7.01. The van der Waals surface area contributed by atoms with Gasteiger partial charge in [0.2, 0.25) is 0 Å². The van der Waals surface area contributed by atoms with Gasteiger partial charge in [-0.3, -0.25) is 14.4 Å². The Morgan fingerprint density at radius 2 is 1.77 bits per heavy atom. The zero-order chi connectivity index (χ0) is 18.8. The van der Waals surface area contributed by atoms with Gasteiger partial charge in [-0.2, -0.15) is 0 Å². The van der Waals surface area contributed by atoms with Crippen LogP contribution in [0.3, 0.4) is 0 Å². The molecule has 2 amide bonds. The van der Waals surface area contributed by atoms with Gasteiger partial charge < -0.3 is 15.4 Å². The van der Waals surface area contributed by atoms with E-state index in [1.54, 1.807) is 24.3 Å². The Balaban J connectivity index is 1.66. The SMILES string of the molecule is O=C(COC(=O)CNC(=O)c1cccc(Br)c1)NC1CCCCCCC1. The Morgan fingerprint density at radius 3 is 2.46 bits per heavy atom. The molecule has 0 aromatic heterocycles. The molecule has 0 aliphatic heterocycles. The monoisotopic (exact) mass is 424 g/mol. The first-order valence-corrected chi connectivity index (χ1v) is 9.82. The summed E-state index contributed by atoms with van der Waals surface area (Å²) in [5, 5.41) is 5.41. The molecule has 2 rings (SSSR count). The zero-order valence-electron chi connectivity index (χ0n) is 14.8. The lowest BCUT2D eigenvalue weighted by Gasteiger charge is -2.20. The number of hydrogen-bond donors (Lipinski definition) is 2. The third-order valence-electron chi connectivity index (χ3n) is 4.31. The predicted octanol–water partition coefficient (Wildman–Crippen LogP) is 2.95. The fourth-order valence-electron chi connectivity index (χ4n) is 2.95. The van der Waals surface area contributed by atoms with Crippen molar-refractivity contribution in [1.82, 2.24) is 10.6 Å². The fraction of sp³-hybridized carbons (Fsp3) is 0.526. The summed E-state index contributed by atoms with van der Waals surface area (Å²) in [5.74, 6) is -1.30. The maximum atomic E-state index is 11.9. The molecule has 142 valence electrons. The molecule has 0 spiro atoms. The van der Waals surface area contributed by atoms with E-state index in [-0.39, 0.29) is 31.0 Å². The number of carbonyl (C=O) groups is 3. The van der Waals surface area contributed by atoms with E-state index in [2.05, 4.69) is 26.6 Å². The van der Waals surface area contributed by atoms with E-state index < -0.39 is 5.97 Å². The molecule has 1 aromatic rings. The molecule has 2 N–H and O–H groups in total. The highest BCUT2D eigenvalue weighted by Crippen LogP contribution is 2.17. The van der Waals surface area contributed by atoms with Crippen molar-refractivity contribution in [3.63, 3.8) is 0 Å². The molecule has 0 heterocycles. The predicted molar refractivity (Wildman–Crippen MR) is 102 cm³/mol. The molecule has 0 unspecified atom stereocenters. The van der Waals surface area contributed by atoms with Crippen LogP contribution in [0, 0.1) is 0 Å². The van der Waals surface area contributed by atoms with Crippen LogP contribution in [0.1, 0.15) is 55.3 Å². The first-order valence-electron chi connectivity index (χ1n) is 9.03. The average Bonchev–Trinajstić information content (AvgIpc) is 2.60. The second-order valence-corrected chi connectivity index (χ2v) is 7.38. The molecule has 0 atom stereocenters. The maximum Gasteiger partial charge on any atom is 0.325 e. The Bertz CT molecular complexity index is 628. The summed E-state index contributed by atoms with van der Waals surface area (Å²) in [4.78, 5) is 35.6. The van der Waals surface area contributed by atoms with Gasteiger partial charge in [-0.05, 0) is 31.0 Å². The van der Waals surface area contributed by atoms with Crippen molar-refractivity contribution in [2.45, 2.75) is 51.0 Å². The standard InChI is InChI=1S/C19H25BrN2O4/c20-15-8-6-7-14(11-15)19(25)21-12-18(24)26-13-17(23)22-16-9-4-2-1-3-5-10-16/h6-8,11,16H,1-5,9-10,12-13H2,(H,21,25)(H,22,23). The molecule has 1 fully saturated rings. The van der Waals surface area contributed by atoms with E-state index in [0.29, 0.717) is 5.56 Å². The van der Waals surface area contributed by atoms with Crippen molar-refractivity contribution in [1.29, 1.82) is 0 Å². The zero-order valence-corrected chi connectivity index (χ0v) is 16.3. The lowest BCUT2D eigenvalue weighted by Crippen LogP contribution is -2.39. The number of hydrogen-bond acceptors (Lipinski definition) is 4. The van der Waals surface area contributed by atoms with Gasteiger partial charge in [0.15, 0.2) is 6.61 Å². The Morgan fingerprint density at radius 1 is 1.08 bits per heavy atom. The van der Waals surface area contributed by atoms with Gasteiger partial charge in [-0.15, -0.1) is 0 Å². The minimum absolute atomic E-state index is 0.165. The van der Waals surface area contributed by atoms with Crippen LogP contribution in [0.15, 0.2) is 28.7 Å². The van der Waals surface area contributed by atoms with E-state index in [4.69, 9.17) is 4.74 Å². The van der Waals surface area contributed by atoms with Gasteiger partial charge in [0.1, 0.15) is 6.54 Å². The number of carbonyl (C=O) groups excluding carboxylic acids is 3. The number of ether oxygens (including phenoxy) is 1. The number of rotatable bonds is 6. The number of esters is 1. The van der Waals surface area contributed by atoms with Crippen LogP contribution < -0.4 is 10.6 Å². The molecule has 1 aliphatic rings. The average molecular weight is 425 g/mol. The van der Waals surface area contributed by atoms with E-state index >= 15 is 0 Å². The van der Waals surface area contributed by atoms with Gasteiger partial charge in [0.25, 0.3) is 11.8 Å². The Kier molecular flexibility index (Phi) is 8.61. The summed E-state index contributed by atoms with van der Waals surface area (Å²) >= 11 is 3.29. The fourth-order valence-corrected chi connectivity index (χ4v) is 3.35. The minimum Gasteiger partial charge on any atom is -0.454 e. The van der Waals surface area contributed by atoms with Crippen LogP contribution in [-0.4, -0.2) is 37.0 Å². The van der Waals surface area contributed by atoms with Crippen molar-refractivity contribution in [2.75, 3.05) is 13.2 Å². The van der Waals surface area contributed by atoms with E-state index in [1.807, 2.05) is 0 Å². The number of halogens is 1. The van der Waals surface area contributed by atoms with Crippen molar-refractivity contribution < 1.29 is 19.1 Å². The highest BCUT2D eigenvalue weighted by atomic mass is 79.9. The largest absolute Gasteiger partial charge is 0.454 e. The topological polar surface area (TPSA) is 84.5 Å². The Labute approximate surface area is 162 Å². The van der Waals surface area contributed by atoms with Crippen LogP contribution in [0.2, 0.25) is 0 Å². The number of amides is 2. The highest BCUT2D eigenvalue weighted by Gasteiger charge is 2.15. The highest BCUT2D eigenvalue weighted by molar-refractivity contribution is 9.10. The second-order valence-electron chi connectivity index (χ2n) is 6.46. The molecule has 6 nitrogen and oxygen atoms in total. The molecule has 1 saturated carbocycles. The van der Waals surface area contributed by atoms with E-state index in [0.717, 1.165) is 30.2 Å². The van der Waals surface area contributed by atoms with Crippen molar-refractivity contribution >= 4 is 33.7 Å². The van der Waals surface area contributed by atoms with Crippen LogP contribution in [0.25, 0.3) is 0 Å². The number of benzene rings is 1. The second kappa shape index (κ2) is 11.0. The summed E-state index contributed by atoms with van der Waals surface area (Å²) in [7, 11) is 0. The van der Waals surface area contributed by atoms with Gasteiger partial charge in [0, 0.05) is 16.1 Å². The summed E-state index contributed by atoms with van der Waals surface area (Å²) in [6.07, 6.45) is 7.87. The van der Waals surface area contributed by atoms with Crippen molar-refractivity contribution in [2.24, 2.45) is 0 Å². The molecule has 7 heteroatoms. The maximum absolute atomic E-state index is 11.9. The smallest absolute Gasteiger partial charge is 0.325 e. The van der Waals surface area contributed by atoms with Crippen LogP contribution in [0.4, 0.5) is 0 Å². The third-order valence-corrected chi connectivity index (χ3v) is 4.81. The molecular formula is C19H25BrN2O4. The number of nitrogens with one attached hydrogen (secondary N) is 2. The lowest BCUT2D eigenvalue weighted by atomic mass is 9.97. The van der Waals surface area contributed by atoms with Crippen molar-refractivity contribution in [3.05, 3.63) is 34.3 Å². The molecule has 1 aromatic carbocycles.